The SMILES string of the molecule is Cc1ccc2nc(-c3ccc(C)c(C)c3)cc(C(=O)N3CCN(Cc4ccccc4)CC3)c2c1. The normalized spacial score (nSPS) is 14.5. The Morgan fingerprint density at radius 1 is 0.824 bits per heavy atom. The van der Waals surface area contributed by atoms with Crippen molar-refractivity contribution in [3.63, 3.8) is 0 Å². The number of amides is 1. The van der Waals surface area contributed by atoms with Gasteiger partial charge in [0.2, 0.25) is 0 Å². The number of hydrogen-bond acceptors (Lipinski definition) is 3. The number of carbonyl (C=O) groups excluding carboxylic acids is 1. The molecular formula is C30H31N3O. The van der Waals surface area contributed by atoms with Crippen LogP contribution >= 0.6 is 0 Å². The quantitative estimate of drug-likeness (QED) is 0.396. The fourth-order valence-electron chi connectivity index (χ4n) is 4.69. The van der Waals surface area contributed by atoms with Gasteiger partial charge in [-0.25, -0.2) is 4.98 Å². The van der Waals surface area contributed by atoms with E-state index in [1.54, 1.807) is 0 Å². The Kier molecular flexibility index (Phi) is 6.16. The molecule has 0 aliphatic carbocycles. The fourth-order valence-corrected chi connectivity index (χ4v) is 4.69. The molecule has 34 heavy (non-hydrogen) atoms. The average molecular weight is 450 g/mol. The summed E-state index contributed by atoms with van der Waals surface area (Å²) in [6, 6.07) is 25.1. The molecule has 3 aromatic carbocycles. The number of aromatic nitrogens is 1. The summed E-state index contributed by atoms with van der Waals surface area (Å²) in [5.41, 5.74) is 8.45. The molecule has 4 aromatic rings. The van der Waals surface area contributed by atoms with Crippen LogP contribution in [0.25, 0.3) is 22.2 Å². The number of benzene rings is 3. The summed E-state index contributed by atoms with van der Waals surface area (Å²) in [7, 11) is 0. The van der Waals surface area contributed by atoms with E-state index >= 15 is 0 Å². The van der Waals surface area contributed by atoms with Gasteiger partial charge in [-0.3, -0.25) is 9.69 Å². The Hall–Kier alpha value is -3.50. The van der Waals surface area contributed by atoms with Gasteiger partial charge < -0.3 is 4.90 Å². The molecule has 4 nitrogen and oxygen atoms in total. The summed E-state index contributed by atoms with van der Waals surface area (Å²) >= 11 is 0. The topological polar surface area (TPSA) is 36.4 Å². The first-order valence-electron chi connectivity index (χ1n) is 12.0. The zero-order chi connectivity index (χ0) is 23.7. The molecule has 0 unspecified atom stereocenters. The van der Waals surface area contributed by atoms with Gasteiger partial charge in [0.25, 0.3) is 5.91 Å². The highest BCUT2D eigenvalue weighted by atomic mass is 16.2. The van der Waals surface area contributed by atoms with Gasteiger partial charge in [0.05, 0.1) is 16.8 Å². The van der Waals surface area contributed by atoms with E-state index in [9.17, 15) is 4.79 Å². The lowest BCUT2D eigenvalue weighted by Crippen LogP contribution is -2.48. The van der Waals surface area contributed by atoms with Crippen molar-refractivity contribution in [3.05, 3.63) is 101 Å². The van der Waals surface area contributed by atoms with Gasteiger partial charge in [0.15, 0.2) is 0 Å². The van der Waals surface area contributed by atoms with E-state index in [1.165, 1.54) is 16.7 Å². The minimum absolute atomic E-state index is 0.0995. The third kappa shape index (κ3) is 4.59. The minimum Gasteiger partial charge on any atom is -0.336 e. The smallest absolute Gasteiger partial charge is 0.254 e. The monoisotopic (exact) mass is 449 g/mol. The number of rotatable bonds is 4. The zero-order valence-electron chi connectivity index (χ0n) is 20.2. The summed E-state index contributed by atoms with van der Waals surface area (Å²) in [6.07, 6.45) is 0. The van der Waals surface area contributed by atoms with Crippen LogP contribution in [0.15, 0.2) is 72.8 Å². The van der Waals surface area contributed by atoms with Gasteiger partial charge in [0.1, 0.15) is 0 Å². The molecule has 0 radical (unpaired) electrons. The average Bonchev–Trinajstić information content (AvgIpc) is 2.86. The molecule has 5 rings (SSSR count). The number of nitrogens with zero attached hydrogens (tertiary/aromatic N) is 3. The largest absolute Gasteiger partial charge is 0.336 e. The van der Waals surface area contributed by atoms with E-state index in [0.29, 0.717) is 0 Å². The standard InChI is InChI=1S/C30H31N3O/c1-21-9-12-28-26(17-21)27(19-29(31-28)25-11-10-22(2)23(3)18-25)30(34)33-15-13-32(14-16-33)20-24-7-5-4-6-8-24/h4-12,17-19H,13-16,20H2,1-3H3. The summed E-state index contributed by atoms with van der Waals surface area (Å²) in [4.78, 5) is 23.1. The zero-order valence-corrected chi connectivity index (χ0v) is 20.2. The maximum absolute atomic E-state index is 13.8. The Morgan fingerprint density at radius 3 is 2.32 bits per heavy atom. The van der Waals surface area contributed by atoms with Crippen LogP contribution in [0.2, 0.25) is 0 Å². The molecular weight excluding hydrogens is 418 g/mol. The number of aryl methyl sites for hydroxylation is 3. The van der Waals surface area contributed by atoms with Gasteiger partial charge in [-0.1, -0.05) is 54.1 Å². The second kappa shape index (κ2) is 9.40. The highest BCUT2D eigenvalue weighted by Gasteiger charge is 2.24. The molecule has 1 saturated heterocycles. The van der Waals surface area contributed by atoms with Gasteiger partial charge in [0, 0.05) is 43.7 Å². The molecule has 0 N–H and O–H groups in total. The third-order valence-electron chi connectivity index (χ3n) is 6.91. The highest BCUT2D eigenvalue weighted by Crippen LogP contribution is 2.28. The van der Waals surface area contributed by atoms with Crippen molar-refractivity contribution in [2.75, 3.05) is 26.2 Å². The first-order chi connectivity index (χ1) is 16.5. The molecule has 0 saturated carbocycles. The van der Waals surface area contributed by atoms with Crippen LogP contribution < -0.4 is 0 Å². The Morgan fingerprint density at radius 2 is 1.59 bits per heavy atom. The molecule has 1 amide bonds. The summed E-state index contributed by atoms with van der Waals surface area (Å²) in [6.45, 7) is 10.5. The molecule has 1 aliphatic heterocycles. The molecule has 4 heteroatoms. The van der Waals surface area contributed by atoms with E-state index in [2.05, 4.69) is 80.3 Å². The lowest BCUT2D eigenvalue weighted by Gasteiger charge is -2.35. The van der Waals surface area contributed by atoms with E-state index in [1.807, 2.05) is 23.1 Å². The van der Waals surface area contributed by atoms with Gasteiger partial charge in [-0.2, -0.15) is 0 Å². The van der Waals surface area contributed by atoms with Crippen molar-refractivity contribution >= 4 is 16.8 Å². The molecule has 0 spiro atoms. The first kappa shape index (κ1) is 22.3. The summed E-state index contributed by atoms with van der Waals surface area (Å²) in [5.74, 6) is 0.0995. The van der Waals surface area contributed by atoms with Crippen molar-refractivity contribution in [1.82, 2.24) is 14.8 Å². The van der Waals surface area contributed by atoms with Crippen LogP contribution in [0, 0.1) is 20.8 Å². The van der Waals surface area contributed by atoms with E-state index in [4.69, 9.17) is 4.98 Å². The molecule has 1 aliphatic rings. The number of fused-ring (bicyclic) bond motifs is 1. The van der Waals surface area contributed by atoms with Gasteiger partial charge >= 0.3 is 0 Å². The van der Waals surface area contributed by atoms with Crippen LogP contribution in [-0.2, 0) is 6.54 Å². The van der Waals surface area contributed by atoms with Crippen molar-refractivity contribution in [1.29, 1.82) is 0 Å². The maximum Gasteiger partial charge on any atom is 0.254 e. The van der Waals surface area contributed by atoms with Crippen molar-refractivity contribution < 1.29 is 4.79 Å². The van der Waals surface area contributed by atoms with Crippen molar-refractivity contribution in [2.24, 2.45) is 0 Å². The molecule has 0 atom stereocenters. The molecule has 2 heterocycles. The lowest BCUT2D eigenvalue weighted by atomic mass is 9.99. The number of piperazine rings is 1. The van der Waals surface area contributed by atoms with E-state index in [-0.39, 0.29) is 5.91 Å². The fraction of sp³-hybridized carbons (Fsp3) is 0.267. The van der Waals surface area contributed by atoms with Crippen LogP contribution in [0.5, 0.6) is 0 Å². The maximum atomic E-state index is 13.8. The number of pyridine rings is 1. The first-order valence-corrected chi connectivity index (χ1v) is 12.0. The number of hydrogen-bond donors (Lipinski definition) is 0. The third-order valence-corrected chi connectivity index (χ3v) is 6.91. The second-order valence-electron chi connectivity index (χ2n) is 9.43. The predicted octanol–water partition coefficient (Wildman–Crippen LogP) is 5.79. The Balaban J connectivity index is 1.43. The molecule has 172 valence electrons. The molecule has 1 fully saturated rings. The number of carbonyl (C=O) groups is 1. The summed E-state index contributed by atoms with van der Waals surface area (Å²) < 4.78 is 0. The Bertz CT molecular complexity index is 1340. The van der Waals surface area contributed by atoms with E-state index in [0.717, 1.165) is 66.0 Å². The van der Waals surface area contributed by atoms with E-state index < -0.39 is 0 Å². The van der Waals surface area contributed by atoms with Crippen molar-refractivity contribution in [3.8, 4) is 11.3 Å². The second-order valence-corrected chi connectivity index (χ2v) is 9.43. The highest BCUT2D eigenvalue weighted by molar-refractivity contribution is 6.07. The van der Waals surface area contributed by atoms with Crippen LogP contribution in [-0.4, -0.2) is 46.9 Å². The van der Waals surface area contributed by atoms with Crippen LogP contribution in [0.4, 0.5) is 0 Å². The predicted molar refractivity (Wildman–Crippen MR) is 139 cm³/mol. The van der Waals surface area contributed by atoms with Crippen molar-refractivity contribution in [2.45, 2.75) is 27.3 Å². The summed E-state index contributed by atoms with van der Waals surface area (Å²) in [5, 5.41) is 0.935. The molecule has 0 bridgehead atoms. The van der Waals surface area contributed by atoms with Gasteiger partial charge in [-0.05, 0) is 61.7 Å². The minimum atomic E-state index is 0.0995. The van der Waals surface area contributed by atoms with Crippen LogP contribution in [0.3, 0.4) is 0 Å². The molecule has 1 aromatic heterocycles. The van der Waals surface area contributed by atoms with Gasteiger partial charge in [-0.15, -0.1) is 0 Å². The van der Waals surface area contributed by atoms with Crippen LogP contribution in [0.1, 0.15) is 32.6 Å². The lowest BCUT2D eigenvalue weighted by molar-refractivity contribution is 0.0630. The Labute approximate surface area is 201 Å².